The van der Waals surface area contributed by atoms with Crippen LogP contribution in [0.1, 0.15) is 54.3 Å². The third-order valence-electron chi connectivity index (χ3n) is 8.74. The molecule has 6 rings (SSSR count). The molecular formula is C31H34F3N7OS. The Morgan fingerprint density at radius 3 is 2.60 bits per heavy atom. The lowest BCUT2D eigenvalue weighted by molar-refractivity contribution is -0.126. The number of likely N-dealkylation sites (tertiary alicyclic amines) is 1. The van der Waals surface area contributed by atoms with Crippen LogP contribution in [0.25, 0.3) is 21.1 Å². The number of anilines is 1. The van der Waals surface area contributed by atoms with Crippen LogP contribution in [-0.4, -0.2) is 56.7 Å². The number of nitriles is 1. The number of alkyl halides is 3. The Hall–Kier alpha value is -3.69. The number of fused-ring (bicyclic) bond motifs is 2. The van der Waals surface area contributed by atoms with Gasteiger partial charge in [-0.3, -0.25) is 9.69 Å². The zero-order valence-corrected chi connectivity index (χ0v) is 25.0. The summed E-state index contributed by atoms with van der Waals surface area (Å²) >= 11 is 1.06. The number of piperidine rings is 1. The van der Waals surface area contributed by atoms with Crippen LogP contribution in [0.5, 0.6) is 0 Å². The predicted molar refractivity (Wildman–Crippen MR) is 161 cm³/mol. The summed E-state index contributed by atoms with van der Waals surface area (Å²) in [6.45, 7) is 7.02. The highest BCUT2D eigenvalue weighted by atomic mass is 32.1. The smallest absolute Gasteiger partial charge is 0.367 e. The largest absolute Gasteiger partial charge is 0.393 e. The highest BCUT2D eigenvalue weighted by molar-refractivity contribution is 7.18. The molecule has 0 spiro atoms. The quantitative estimate of drug-likeness (QED) is 0.257. The van der Waals surface area contributed by atoms with E-state index in [2.05, 4.69) is 55.2 Å². The summed E-state index contributed by atoms with van der Waals surface area (Å²) in [7, 11) is 0. The predicted octanol–water partition coefficient (Wildman–Crippen LogP) is 5.92. The number of carbonyl (C=O) groups excluding carboxylic acids is 1. The van der Waals surface area contributed by atoms with Gasteiger partial charge in [-0.25, -0.2) is 9.97 Å². The van der Waals surface area contributed by atoms with Crippen molar-refractivity contribution in [3.8, 4) is 6.07 Å². The lowest BCUT2D eigenvalue weighted by Gasteiger charge is -2.36. The number of nitrogens with one attached hydrogen (secondary N) is 2. The summed E-state index contributed by atoms with van der Waals surface area (Å²) in [5, 5.41) is 18.1. The minimum atomic E-state index is -4.25. The second kappa shape index (κ2) is 11.8. The second-order valence-corrected chi connectivity index (χ2v) is 13.0. The lowest BCUT2D eigenvalue weighted by Crippen LogP contribution is -2.44. The van der Waals surface area contributed by atoms with E-state index >= 15 is 0 Å². The molecule has 4 aromatic rings. The van der Waals surface area contributed by atoms with Crippen LogP contribution >= 0.6 is 11.3 Å². The van der Waals surface area contributed by atoms with E-state index in [1.165, 1.54) is 17.5 Å². The van der Waals surface area contributed by atoms with E-state index in [0.29, 0.717) is 27.6 Å². The molecule has 0 unspecified atom stereocenters. The van der Waals surface area contributed by atoms with Crippen molar-refractivity contribution in [3.05, 3.63) is 52.3 Å². The number of aryl methyl sites for hydroxylation is 1. The van der Waals surface area contributed by atoms with E-state index < -0.39 is 12.6 Å². The zero-order valence-electron chi connectivity index (χ0n) is 24.2. The molecule has 1 aliphatic carbocycles. The maximum Gasteiger partial charge on any atom is 0.393 e. The third-order valence-corrected chi connectivity index (χ3v) is 9.79. The van der Waals surface area contributed by atoms with Crippen molar-refractivity contribution in [2.24, 2.45) is 5.92 Å². The molecule has 0 bridgehead atoms. The Kier molecular flexibility index (Phi) is 8.04. The summed E-state index contributed by atoms with van der Waals surface area (Å²) in [6.07, 6.45) is -0.159. The van der Waals surface area contributed by atoms with Crippen LogP contribution in [0.3, 0.4) is 0 Å². The van der Waals surface area contributed by atoms with Crippen molar-refractivity contribution in [1.29, 1.82) is 5.26 Å². The number of hydrogen-bond donors (Lipinski definition) is 2. The molecule has 1 saturated carbocycles. The minimum absolute atomic E-state index is 0.00293. The maximum atomic E-state index is 12.9. The zero-order chi connectivity index (χ0) is 30.3. The molecule has 226 valence electrons. The van der Waals surface area contributed by atoms with Gasteiger partial charge in [0.05, 0.1) is 11.8 Å². The van der Waals surface area contributed by atoms with Crippen molar-refractivity contribution in [2.75, 3.05) is 18.4 Å². The molecule has 3 aromatic heterocycles. The van der Waals surface area contributed by atoms with Gasteiger partial charge >= 0.3 is 6.18 Å². The molecule has 1 amide bonds. The number of rotatable bonds is 8. The number of halogens is 3. The molecule has 1 saturated heterocycles. The van der Waals surface area contributed by atoms with Crippen LogP contribution in [0.4, 0.5) is 19.0 Å². The fourth-order valence-corrected chi connectivity index (χ4v) is 7.53. The molecule has 1 aromatic carbocycles. The van der Waals surface area contributed by atoms with Gasteiger partial charge in [-0.2, -0.15) is 18.4 Å². The minimum Gasteiger partial charge on any atom is -0.367 e. The van der Waals surface area contributed by atoms with E-state index in [9.17, 15) is 23.2 Å². The first-order valence-electron chi connectivity index (χ1n) is 14.6. The summed E-state index contributed by atoms with van der Waals surface area (Å²) in [4.78, 5) is 23.1. The molecule has 2 fully saturated rings. The Balaban J connectivity index is 1.08. The van der Waals surface area contributed by atoms with Crippen molar-refractivity contribution in [1.82, 2.24) is 24.8 Å². The van der Waals surface area contributed by atoms with Crippen molar-refractivity contribution in [2.45, 2.75) is 77.3 Å². The highest BCUT2D eigenvalue weighted by Gasteiger charge is 2.31. The molecular weight excluding hydrogens is 575 g/mol. The van der Waals surface area contributed by atoms with Gasteiger partial charge < -0.3 is 15.2 Å². The fourth-order valence-electron chi connectivity index (χ4n) is 6.51. The topological polar surface area (TPSA) is 98.9 Å². The van der Waals surface area contributed by atoms with E-state index in [0.717, 1.165) is 74.1 Å². The number of thiophene rings is 1. The monoisotopic (exact) mass is 609 g/mol. The fraction of sp³-hybridized carbons (Fsp3) is 0.484. The first kappa shape index (κ1) is 29.4. The SMILES string of the molecule is CC(=O)N[C@H]1C[C@H](Cn2c(C#N)cc3c(C)c(CN4CCC(Nc5ncnc6sc(CC(F)(F)F)cc56)CC4)ccc32)C1. The maximum absolute atomic E-state index is 12.9. The molecule has 1 aliphatic heterocycles. The Labute approximate surface area is 251 Å². The number of carbonyl (C=O) groups is 1. The number of benzene rings is 1. The summed E-state index contributed by atoms with van der Waals surface area (Å²) in [5.41, 5.74) is 4.17. The van der Waals surface area contributed by atoms with E-state index in [-0.39, 0.29) is 22.9 Å². The van der Waals surface area contributed by atoms with E-state index in [1.54, 1.807) is 13.0 Å². The average molecular weight is 610 g/mol. The van der Waals surface area contributed by atoms with E-state index in [1.807, 2.05) is 6.07 Å². The standard InChI is InChI=1S/C31H34F3N7OS/c1-18-21(3-4-28-26(18)11-24(14-35)41(28)15-20-9-23(10-20)38-19(2)42)16-40-7-5-22(6-8-40)39-29-27-12-25(13-31(32,33)34)43-30(27)37-17-36-29/h3-4,11-12,17,20,22-23H,5-10,13,15-16H2,1-2H3,(H,38,42)(H,36,37,39)/t20-,23-. The summed E-state index contributed by atoms with van der Waals surface area (Å²) in [6, 6.07) is 10.6. The van der Waals surface area contributed by atoms with Crippen molar-refractivity contribution < 1.29 is 18.0 Å². The van der Waals surface area contributed by atoms with Gasteiger partial charge in [-0.05, 0) is 67.9 Å². The number of amides is 1. The van der Waals surface area contributed by atoms with Gasteiger partial charge in [0.1, 0.15) is 28.7 Å². The normalized spacial score (nSPS) is 19.8. The molecule has 12 heteroatoms. The third kappa shape index (κ3) is 6.48. The van der Waals surface area contributed by atoms with Gasteiger partial charge in [-0.15, -0.1) is 11.3 Å². The average Bonchev–Trinajstić information content (AvgIpc) is 3.50. The number of hydrogen-bond acceptors (Lipinski definition) is 7. The van der Waals surface area contributed by atoms with Gasteiger partial charge in [0, 0.05) is 61.0 Å². The van der Waals surface area contributed by atoms with Crippen molar-refractivity contribution >= 4 is 44.2 Å². The van der Waals surface area contributed by atoms with Crippen molar-refractivity contribution in [3.63, 3.8) is 0 Å². The number of nitrogens with zero attached hydrogens (tertiary/aromatic N) is 5. The molecule has 2 N–H and O–H groups in total. The Bertz CT molecular complexity index is 1690. The highest BCUT2D eigenvalue weighted by Crippen LogP contribution is 2.35. The van der Waals surface area contributed by atoms with Gasteiger partial charge in [0.15, 0.2) is 0 Å². The summed E-state index contributed by atoms with van der Waals surface area (Å²) < 4.78 is 40.8. The molecule has 43 heavy (non-hydrogen) atoms. The molecule has 4 heterocycles. The summed E-state index contributed by atoms with van der Waals surface area (Å²) in [5.74, 6) is 1.04. The van der Waals surface area contributed by atoms with Gasteiger partial charge in [-0.1, -0.05) is 6.07 Å². The number of aromatic nitrogens is 3. The van der Waals surface area contributed by atoms with Crippen LogP contribution in [0.15, 0.2) is 30.6 Å². The Morgan fingerprint density at radius 2 is 1.91 bits per heavy atom. The van der Waals surface area contributed by atoms with Crippen LogP contribution < -0.4 is 10.6 Å². The first-order valence-corrected chi connectivity index (χ1v) is 15.5. The molecule has 8 nitrogen and oxygen atoms in total. The Morgan fingerprint density at radius 1 is 1.14 bits per heavy atom. The first-order chi connectivity index (χ1) is 20.6. The van der Waals surface area contributed by atoms with Crippen LogP contribution in [0.2, 0.25) is 0 Å². The second-order valence-electron chi connectivity index (χ2n) is 11.9. The van der Waals surface area contributed by atoms with Gasteiger partial charge in [0.25, 0.3) is 0 Å². The lowest BCUT2D eigenvalue weighted by atomic mass is 9.80. The molecule has 0 radical (unpaired) electrons. The van der Waals surface area contributed by atoms with E-state index in [4.69, 9.17) is 0 Å². The molecule has 2 aliphatic rings. The molecule has 0 atom stereocenters. The van der Waals surface area contributed by atoms with Gasteiger partial charge in [0.2, 0.25) is 5.91 Å². The van der Waals surface area contributed by atoms with Crippen LogP contribution in [0, 0.1) is 24.2 Å². The van der Waals surface area contributed by atoms with Crippen LogP contribution in [-0.2, 0) is 24.3 Å².